The fourth-order valence-corrected chi connectivity index (χ4v) is 6.42. The first-order valence-electron chi connectivity index (χ1n) is 12.2. The molecule has 0 saturated carbocycles. The van der Waals surface area contributed by atoms with Gasteiger partial charge in [-0.05, 0) is 35.5 Å². The molecule has 1 fully saturated rings. The van der Waals surface area contributed by atoms with Crippen molar-refractivity contribution in [2.75, 3.05) is 13.7 Å². The van der Waals surface area contributed by atoms with Gasteiger partial charge in [-0.2, -0.15) is 0 Å². The highest BCUT2D eigenvalue weighted by Gasteiger charge is 2.67. The van der Waals surface area contributed by atoms with Gasteiger partial charge in [-0.3, -0.25) is 9.59 Å². The molecular formula is C27H39NO6Si. The molecule has 0 bridgehead atoms. The number of methoxy groups -OCH3 is 1. The number of carbonyl (C=O) groups excluding carboxylic acids is 3. The second kappa shape index (κ2) is 9.89. The van der Waals surface area contributed by atoms with E-state index >= 15 is 0 Å². The Labute approximate surface area is 209 Å². The van der Waals surface area contributed by atoms with E-state index in [9.17, 15) is 14.4 Å². The van der Waals surface area contributed by atoms with Crippen LogP contribution in [0.2, 0.25) is 18.1 Å². The number of fused-ring (bicyclic) bond motifs is 1. The van der Waals surface area contributed by atoms with Crippen LogP contribution in [0, 0.1) is 23.2 Å². The quantitative estimate of drug-likeness (QED) is 0.239. The molecule has 1 aliphatic carbocycles. The summed E-state index contributed by atoms with van der Waals surface area (Å²) in [5.74, 6) is -2.30. The van der Waals surface area contributed by atoms with E-state index in [2.05, 4.69) is 33.9 Å². The fourth-order valence-electron chi connectivity index (χ4n) is 5.09. The van der Waals surface area contributed by atoms with Crippen molar-refractivity contribution in [1.82, 2.24) is 4.90 Å². The van der Waals surface area contributed by atoms with E-state index in [1.54, 1.807) is 0 Å². The highest BCUT2D eigenvalue weighted by atomic mass is 28.4. The second-order valence-electron chi connectivity index (χ2n) is 11.3. The number of hydrogen-bond donors (Lipinski definition) is 0. The number of rotatable bonds is 5. The summed E-state index contributed by atoms with van der Waals surface area (Å²) in [7, 11) is -1.09. The number of nitrogens with zero attached hydrogens (tertiary/aromatic N) is 1. The van der Waals surface area contributed by atoms with E-state index in [4.69, 9.17) is 13.9 Å². The van der Waals surface area contributed by atoms with Gasteiger partial charge in [-0.25, -0.2) is 9.69 Å². The Balaban J connectivity index is 2.10. The summed E-state index contributed by atoms with van der Waals surface area (Å²) in [5.41, 5.74) is -0.773. The molecule has 1 aromatic carbocycles. The van der Waals surface area contributed by atoms with Crippen molar-refractivity contribution in [3.63, 3.8) is 0 Å². The average molecular weight is 502 g/mol. The van der Waals surface area contributed by atoms with Crippen LogP contribution in [0.1, 0.15) is 40.2 Å². The smallest absolute Gasteiger partial charge is 0.416 e. The number of ether oxygens (including phenoxy) is 2. The maximum absolute atomic E-state index is 14.0. The van der Waals surface area contributed by atoms with Crippen LogP contribution in [0.3, 0.4) is 0 Å². The van der Waals surface area contributed by atoms with Crippen LogP contribution in [0.4, 0.5) is 4.79 Å². The predicted molar refractivity (Wildman–Crippen MR) is 136 cm³/mol. The van der Waals surface area contributed by atoms with Crippen molar-refractivity contribution in [1.29, 1.82) is 0 Å². The minimum atomic E-state index is -2.32. The van der Waals surface area contributed by atoms with Gasteiger partial charge in [0.15, 0.2) is 13.7 Å². The lowest BCUT2D eigenvalue weighted by Gasteiger charge is -2.55. The summed E-state index contributed by atoms with van der Waals surface area (Å²) >= 11 is 0. The number of benzene rings is 1. The van der Waals surface area contributed by atoms with Crippen molar-refractivity contribution in [2.45, 2.75) is 65.5 Å². The Morgan fingerprint density at radius 3 is 2.31 bits per heavy atom. The van der Waals surface area contributed by atoms with Gasteiger partial charge in [0.1, 0.15) is 6.61 Å². The van der Waals surface area contributed by atoms with Gasteiger partial charge >= 0.3 is 12.1 Å². The number of esters is 1. The fraction of sp³-hybridized carbons (Fsp3) is 0.593. The summed E-state index contributed by atoms with van der Waals surface area (Å²) in [6.45, 7) is 14.6. The maximum Gasteiger partial charge on any atom is 0.416 e. The molecule has 0 N–H and O–H groups in total. The van der Waals surface area contributed by atoms with Crippen LogP contribution in [0.15, 0.2) is 42.5 Å². The Bertz CT molecular complexity index is 985. The van der Waals surface area contributed by atoms with Crippen LogP contribution < -0.4 is 0 Å². The third kappa shape index (κ3) is 4.83. The van der Waals surface area contributed by atoms with E-state index in [1.807, 2.05) is 56.3 Å². The van der Waals surface area contributed by atoms with Crippen molar-refractivity contribution >= 4 is 26.3 Å². The lowest BCUT2D eigenvalue weighted by atomic mass is 9.55. The third-order valence-electron chi connectivity index (χ3n) is 8.07. The van der Waals surface area contributed by atoms with Gasteiger partial charge in [0.25, 0.3) is 5.91 Å². The molecule has 3 rings (SSSR count). The second-order valence-corrected chi connectivity index (χ2v) is 16.0. The lowest BCUT2D eigenvalue weighted by Crippen LogP contribution is -2.69. The Hall–Kier alpha value is -2.45. The zero-order valence-electron chi connectivity index (χ0n) is 22.2. The minimum Gasteiger partial charge on any atom is -0.460 e. The Kier molecular flexibility index (Phi) is 7.67. The summed E-state index contributed by atoms with van der Waals surface area (Å²) in [6.07, 6.45) is 2.61. The summed E-state index contributed by atoms with van der Waals surface area (Å²) in [6, 6.07) is 9.35. The standard InChI is InChI=1S/C27H39NO6Si/c1-18-14-15-19(2)27(24(30)33-17-20-12-10-9-11-13-20)22(18)21(34-35(7,8)26(3,4)5)16-28(23(27)29)25(31)32-6/h9-15,18-19,21-22H,16-17H2,1-8H3/t18?,19?,21-,22-,27+/m1/s1. The Morgan fingerprint density at radius 2 is 1.74 bits per heavy atom. The Morgan fingerprint density at radius 1 is 1.11 bits per heavy atom. The van der Waals surface area contributed by atoms with Crippen LogP contribution >= 0.6 is 0 Å². The number of piperidine rings is 1. The predicted octanol–water partition coefficient (Wildman–Crippen LogP) is 5.17. The van der Waals surface area contributed by atoms with Gasteiger partial charge in [0.2, 0.25) is 0 Å². The molecule has 0 radical (unpaired) electrons. The monoisotopic (exact) mass is 501 g/mol. The molecule has 0 aromatic heterocycles. The summed E-state index contributed by atoms with van der Waals surface area (Å²) in [4.78, 5) is 41.8. The SMILES string of the molecule is COC(=O)N1C[C@@H](O[Si](C)(C)C(C)(C)C)[C@H]2C(C)C=CC(C)[C@@]2(C(=O)OCc2ccccc2)C1=O. The van der Waals surface area contributed by atoms with Crippen LogP contribution in [0.25, 0.3) is 0 Å². The normalized spacial score (nSPS) is 28.9. The maximum atomic E-state index is 14.0. The molecule has 2 amide bonds. The van der Waals surface area contributed by atoms with E-state index in [-0.39, 0.29) is 24.1 Å². The minimum absolute atomic E-state index is 0.0399. The molecule has 35 heavy (non-hydrogen) atoms. The van der Waals surface area contributed by atoms with Gasteiger partial charge in [-0.1, -0.05) is 77.1 Å². The van der Waals surface area contributed by atoms with Gasteiger partial charge in [-0.15, -0.1) is 0 Å². The number of carbonyl (C=O) groups is 3. The van der Waals surface area contributed by atoms with Crippen molar-refractivity contribution in [2.24, 2.45) is 23.2 Å². The van der Waals surface area contributed by atoms with Gasteiger partial charge < -0.3 is 13.9 Å². The van der Waals surface area contributed by atoms with Crippen molar-refractivity contribution < 1.29 is 28.3 Å². The number of allylic oxidation sites excluding steroid dienone is 2. The van der Waals surface area contributed by atoms with Gasteiger partial charge in [0, 0.05) is 5.92 Å². The number of amides is 2. The molecule has 5 atom stereocenters. The summed E-state index contributed by atoms with van der Waals surface area (Å²) in [5, 5.41) is -0.0968. The molecule has 192 valence electrons. The van der Waals surface area contributed by atoms with E-state index in [0.29, 0.717) is 0 Å². The first-order chi connectivity index (χ1) is 16.3. The molecule has 7 nitrogen and oxygen atoms in total. The number of imide groups is 1. The number of likely N-dealkylation sites (tertiary alicyclic amines) is 1. The van der Waals surface area contributed by atoms with E-state index in [0.717, 1.165) is 10.5 Å². The first-order valence-corrected chi connectivity index (χ1v) is 15.2. The zero-order chi connectivity index (χ0) is 26.2. The molecule has 2 unspecified atom stereocenters. The average Bonchev–Trinajstić information content (AvgIpc) is 2.80. The zero-order valence-corrected chi connectivity index (χ0v) is 23.2. The molecule has 8 heteroatoms. The van der Waals surface area contributed by atoms with Crippen LogP contribution in [-0.4, -0.2) is 50.9 Å². The van der Waals surface area contributed by atoms with E-state index < -0.39 is 49.6 Å². The topological polar surface area (TPSA) is 82.1 Å². The highest BCUT2D eigenvalue weighted by molar-refractivity contribution is 6.74. The molecule has 1 aliphatic heterocycles. The third-order valence-corrected chi connectivity index (χ3v) is 12.6. The largest absolute Gasteiger partial charge is 0.460 e. The number of hydrogen-bond acceptors (Lipinski definition) is 6. The van der Waals surface area contributed by atoms with Crippen molar-refractivity contribution in [3.05, 3.63) is 48.0 Å². The highest BCUT2D eigenvalue weighted by Crippen LogP contribution is 2.53. The lowest BCUT2D eigenvalue weighted by molar-refractivity contribution is -0.188. The summed E-state index contributed by atoms with van der Waals surface area (Å²) < 4.78 is 17.6. The molecule has 2 aliphatic rings. The first kappa shape index (κ1) is 27.1. The molecule has 1 aromatic rings. The van der Waals surface area contributed by atoms with Crippen molar-refractivity contribution in [3.8, 4) is 0 Å². The van der Waals surface area contributed by atoms with Crippen LogP contribution in [0.5, 0.6) is 0 Å². The van der Waals surface area contributed by atoms with E-state index in [1.165, 1.54) is 7.11 Å². The van der Waals surface area contributed by atoms with Gasteiger partial charge in [0.05, 0.1) is 19.8 Å². The van der Waals surface area contributed by atoms with Crippen LogP contribution in [-0.2, 0) is 30.1 Å². The molecule has 0 spiro atoms. The molecule has 1 saturated heterocycles. The molecular weight excluding hydrogens is 462 g/mol. The molecule has 1 heterocycles.